The number of nitrogens with one attached hydrogen (secondary N) is 1. The molecule has 140 valence electrons. The summed E-state index contributed by atoms with van der Waals surface area (Å²) >= 11 is 1.40. The van der Waals surface area contributed by atoms with Crippen LogP contribution in [0.2, 0.25) is 0 Å². The highest BCUT2D eigenvalue weighted by Gasteiger charge is 2.44. The average molecular weight is 380 g/mol. The highest BCUT2D eigenvalue weighted by atomic mass is 32.2. The lowest BCUT2D eigenvalue weighted by Crippen LogP contribution is -2.58. The molecule has 1 aromatic rings. The van der Waals surface area contributed by atoms with Gasteiger partial charge in [-0.2, -0.15) is 5.26 Å². The molecular formula is C17H21FN4O3S. The second-order valence-electron chi connectivity index (χ2n) is 6.60. The van der Waals surface area contributed by atoms with Crippen molar-refractivity contribution in [2.24, 2.45) is 0 Å². The lowest BCUT2D eigenvalue weighted by molar-refractivity contribution is -0.134. The fourth-order valence-electron chi connectivity index (χ4n) is 2.80. The van der Waals surface area contributed by atoms with Crippen LogP contribution in [0.25, 0.3) is 0 Å². The van der Waals surface area contributed by atoms with Gasteiger partial charge in [0.2, 0.25) is 5.91 Å². The van der Waals surface area contributed by atoms with E-state index in [0.29, 0.717) is 5.75 Å². The van der Waals surface area contributed by atoms with Crippen molar-refractivity contribution < 1.29 is 19.1 Å². The van der Waals surface area contributed by atoms with Gasteiger partial charge in [-0.15, -0.1) is 11.8 Å². The molecule has 1 aliphatic heterocycles. The number of amides is 2. The van der Waals surface area contributed by atoms with Crippen molar-refractivity contribution >= 4 is 23.8 Å². The van der Waals surface area contributed by atoms with E-state index < -0.39 is 35.0 Å². The molecule has 1 fully saturated rings. The van der Waals surface area contributed by atoms with Crippen LogP contribution in [0, 0.1) is 11.3 Å². The summed E-state index contributed by atoms with van der Waals surface area (Å²) in [4.78, 5) is 29.2. The summed E-state index contributed by atoms with van der Waals surface area (Å²) < 4.78 is 12.9. The zero-order chi connectivity index (χ0) is 19.3. The maximum Gasteiger partial charge on any atom is 0.405 e. The van der Waals surface area contributed by atoms with Gasteiger partial charge in [0.15, 0.2) is 0 Å². The molecule has 1 aliphatic rings. The minimum absolute atomic E-state index is 0.0490. The predicted molar refractivity (Wildman–Crippen MR) is 95.2 cm³/mol. The minimum atomic E-state index is -1.34. The van der Waals surface area contributed by atoms with Crippen LogP contribution in [0.5, 0.6) is 0 Å². The Morgan fingerprint density at radius 2 is 2.19 bits per heavy atom. The van der Waals surface area contributed by atoms with Crippen molar-refractivity contribution in [3.05, 3.63) is 30.1 Å². The molecule has 0 aromatic carbocycles. The Hall–Kier alpha value is -2.34. The molecule has 26 heavy (non-hydrogen) atoms. The topological polar surface area (TPSA) is 106 Å². The van der Waals surface area contributed by atoms with Gasteiger partial charge < -0.3 is 15.3 Å². The number of aromatic nitrogens is 1. The molecule has 9 heteroatoms. The zero-order valence-electron chi connectivity index (χ0n) is 14.6. The normalized spacial score (nSPS) is 21.1. The zero-order valence-corrected chi connectivity index (χ0v) is 15.4. The summed E-state index contributed by atoms with van der Waals surface area (Å²) in [6.07, 6.45) is 0.646. The molecule has 2 rings (SSSR count). The second kappa shape index (κ2) is 8.36. The number of carbonyl (C=O) groups excluding carboxylic acids is 1. The number of halogens is 1. The van der Waals surface area contributed by atoms with Crippen LogP contribution in [0.1, 0.15) is 25.8 Å². The lowest BCUT2D eigenvalue weighted by atomic mass is 10.0. The molecule has 0 saturated carbocycles. The van der Waals surface area contributed by atoms with Crippen molar-refractivity contribution in [2.45, 2.75) is 49.0 Å². The van der Waals surface area contributed by atoms with Gasteiger partial charge in [-0.05, 0) is 31.5 Å². The Bertz CT molecular complexity index is 695. The molecule has 7 nitrogen and oxygen atoms in total. The van der Waals surface area contributed by atoms with E-state index in [1.54, 1.807) is 26.2 Å². The average Bonchev–Trinajstić information content (AvgIpc) is 2.99. The molecule has 2 heterocycles. The summed E-state index contributed by atoms with van der Waals surface area (Å²) in [6.45, 7) is 3.31. The number of nitriles is 1. The van der Waals surface area contributed by atoms with Crippen molar-refractivity contribution in [3.8, 4) is 6.07 Å². The van der Waals surface area contributed by atoms with Gasteiger partial charge in [0.25, 0.3) is 0 Å². The number of carbonyl (C=O) groups is 2. The van der Waals surface area contributed by atoms with E-state index in [1.165, 1.54) is 11.8 Å². The van der Waals surface area contributed by atoms with E-state index in [4.69, 9.17) is 10.4 Å². The molecule has 0 bridgehead atoms. The lowest BCUT2D eigenvalue weighted by Gasteiger charge is -2.35. The van der Waals surface area contributed by atoms with E-state index in [9.17, 15) is 14.0 Å². The third-order valence-electron chi connectivity index (χ3n) is 4.25. The maximum absolute atomic E-state index is 13.7. The first kappa shape index (κ1) is 20.0. The van der Waals surface area contributed by atoms with E-state index in [2.05, 4.69) is 10.3 Å². The molecule has 2 amide bonds. The molecule has 1 aromatic heterocycles. The van der Waals surface area contributed by atoms with Crippen LogP contribution in [-0.4, -0.2) is 56.5 Å². The Morgan fingerprint density at radius 3 is 2.77 bits per heavy atom. The monoisotopic (exact) mass is 380 g/mol. The second-order valence-corrected chi connectivity index (χ2v) is 8.23. The quantitative estimate of drug-likeness (QED) is 0.784. The van der Waals surface area contributed by atoms with Gasteiger partial charge in [0.1, 0.15) is 18.3 Å². The van der Waals surface area contributed by atoms with Gasteiger partial charge in [-0.1, -0.05) is 0 Å². The first-order valence-corrected chi connectivity index (χ1v) is 9.09. The van der Waals surface area contributed by atoms with Gasteiger partial charge in [0, 0.05) is 29.3 Å². The van der Waals surface area contributed by atoms with Crippen LogP contribution < -0.4 is 5.32 Å². The fourth-order valence-corrected chi connectivity index (χ4v) is 3.86. The van der Waals surface area contributed by atoms with Crippen molar-refractivity contribution in [1.29, 1.82) is 5.26 Å². The number of rotatable bonds is 6. The van der Waals surface area contributed by atoms with Crippen molar-refractivity contribution in [3.63, 3.8) is 0 Å². The van der Waals surface area contributed by atoms with Crippen molar-refractivity contribution in [1.82, 2.24) is 15.2 Å². The van der Waals surface area contributed by atoms with Crippen LogP contribution >= 0.6 is 11.8 Å². The largest absolute Gasteiger partial charge is 0.465 e. The number of alkyl halides is 1. The van der Waals surface area contributed by atoms with E-state index in [1.807, 2.05) is 18.2 Å². The molecule has 0 unspecified atom stereocenters. The number of likely N-dealkylation sites (tertiary alicyclic amines) is 1. The van der Waals surface area contributed by atoms with Gasteiger partial charge >= 0.3 is 6.09 Å². The Morgan fingerprint density at radius 1 is 1.54 bits per heavy atom. The third-order valence-corrected chi connectivity index (χ3v) is 5.71. The molecular weight excluding hydrogens is 359 g/mol. The van der Waals surface area contributed by atoms with E-state index in [-0.39, 0.29) is 13.0 Å². The van der Waals surface area contributed by atoms with Crippen LogP contribution in [-0.2, 0) is 10.5 Å². The van der Waals surface area contributed by atoms with Crippen LogP contribution in [0.3, 0.4) is 0 Å². The molecule has 3 atom stereocenters. The summed E-state index contributed by atoms with van der Waals surface area (Å²) in [5.41, 5.74) is 0.986. The smallest absolute Gasteiger partial charge is 0.405 e. The summed E-state index contributed by atoms with van der Waals surface area (Å²) in [5, 5.41) is 20.6. The minimum Gasteiger partial charge on any atom is -0.465 e. The van der Waals surface area contributed by atoms with Crippen LogP contribution in [0.15, 0.2) is 24.5 Å². The van der Waals surface area contributed by atoms with Crippen molar-refractivity contribution in [2.75, 3.05) is 6.54 Å². The number of thioether (sulfide) groups is 1. The number of carboxylic acid groups (broad SMARTS) is 1. The van der Waals surface area contributed by atoms with E-state index in [0.717, 1.165) is 10.5 Å². The molecule has 0 aliphatic carbocycles. The fraction of sp³-hybridized carbons (Fsp3) is 0.529. The third kappa shape index (κ3) is 4.85. The summed E-state index contributed by atoms with van der Waals surface area (Å²) in [5.74, 6) is -0.0279. The van der Waals surface area contributed by atoms with Crippen LogP contribution in [0.4, 0.5) is 9.18 Å². The molecule has 0 spiro atoms. The van der Waals surface area contributed by atoms with Gasteiger partial charge in [0.05, 0.1) is 12.6 Å². The number of pyridine rings is 1. The number of hydrogen-bond donors (Lipinski definition) is 2. The SMILES string of the molecule is CC(C)(SCc1ccncc1)[C@H](NC(=O)O)C(=O)N1C[C@@H](F)C[C@H]1C#N. The maximum atomic E-state index is 13.7. The summed E-state index contributed by atoms with van der Waals surface area (Å²) in [6, 6.07) is 3.61. The first-order chi connectivity index (χ1) is 12.2. The highest BCUT2D eigenvalue weighted by molar-refractivity contribution is 7.99. The number of hydrogen-bond acceptors (Lipinski definition) is 5. The molecule has 0 radical (unpaired) electrons. The van der Waals surface area contributed by atoms with Gasteiger partial charge in [-0.3, -0.25) is 9.78 Å². The Kier molecular flexibility index (Phi) is 6.42. The Labute approximate surface area is 155 Å². The predicted octanol–water partition coefficient (Wildman–Crippen LogP) is 2.19. The molecule has 2 N–H and O–H groups in total. The highest BCUT2D eigenvalue weighted by Crippen LogP contribution is 2.33. The van der Waals surface area contributed by atoms with E-state index >= 15 is 0 Å². The van der Waals surface area contributed by atoms with Gasteiger partial charge in [-0.25, -0.2) is 9.18 Å². The standard InChI is InChI=1S/C17H21FN4O3S/c1-17(2,26-10-11-3-5-20-6-4-11)14(21-16(24)25)15(23)22-9-12(18)7-13(22)8-19/h3-6,12-14,21H,7,9-10H2,1-2H3,(H,24,25)/t12-,13-,14+/m0/s1. The first-order valence-electron chi connectivity index (χ1n) is 8.11. The molecule has 1 saturated heterocycles. The summed E-state index contributed by atoms with van der Waals surface area (Å²) in [7, 11) is 0. The number of nitrogens with zero attached hydrogens (tertiary/aromatic N) is 3. The Balaban J connectivity index is 2.17.